The van der Waals surface area contributed by atoms with Crippen molar-refractivity contribution in [2.75, 3.05) is 18.0 Å². The third kappa shape index (κ3) is 6.24. The lowest BCUT2D eigenvalue weighted by Crippen LogP contribution is -2.29. The van der Waals surface area contributed by atoms with E-state index in [-0.39, 0.29) is 0 Å². The second-order valence-electron chi connectivity index (χ2n) is 5.88. The molecule has 0 spiro atoms. The van der Waals surface area contributed by atoms with Crippen LogP contribution >= 0.6 is 11.6 Å². The lowest BCUT2D eigenvalue weighted by atomic mass is 10.1. The summed E-state index contributed by atoms with van der Waals surface area (Å²) in [4.78, 5) is 11.2. The molecule has 0 aliphatic heterocycles. The fourth-order valence-corrected chi connectivity index (χ4v) is 1.86. The van der Waals surface area contributed by atoms with E-state index in [9.17, 15) is 0 Å². The van der Waals surface area contributed by atoms with Crippen LogP contribution in [0.25, 0.3) is 0 Å². The monoisotopic (exact) mass is 283 g/mol. The van der Waals surface area contributed by atoms with Crippen molar-refractivity contribution in [3.8, 4) is 0 Å². The van der Waals surface area contributed by atoms with E-state index in [4.69, 9.17) is 11.6 Å². The van der Waals surface area contributed by atoms with Crippen molar-refractivity contribution in [2.24, 2.45) is 11.8 Å². The molecule has 0 atom stereocenters. The minimum absolute atomic E-state index is 0.471. The van der Waals surface area contributed by atoms with E-state index in [2.05, 4.69) is 42.6 Å². The van der Waals surface area contributed by atoms with E-state index in [1.165, 1.54) is 12.8 Å². The van der Waals surface area contributed by atoms with Crippen LogP contribution in [0.15, 0.2) is 12.4 Å². The van der Waals surface area contributed by atoms with Crippen LogP contribution in [0.2, 0.25) is 0 Å². The summed E-state index contributed by atoms with van der Waals surface area (Å²) >= 11 is 5.77. The minimum Gasteiger partial charge on any atom is -0.341 e. The third-order valence-corrected chi connectivity index (χ3v) is 3.39. The third-order valence-electron chi connectivity index (χ3n) is 3.08. The number of nitrogens with zero attached hydrogens (tertiary/aromatic N) is 3. The minimum atomic E-state index is 0.471. The Labute approximate surface area is 122 Å². The van der Waals surface area contributed by atoms with Gasteiger partial charge >= 0.3 is 0 Å². The maximum absolute atomic E-state index is 5.77. The Morgan fingerprint density at radius 1 is 1.00 bits per heavy atom. The average molecular weight is 284 g/mol. The molecule has 0 aliphatic rings. The van der Waals surface area contributed by atoms with Crippen LogP contribution in [0.5, 0.6) is 0 Å². The van der Waals surface area contributed by atoms with Gasteiger partial charge in [-0.15, -0.1) is 11.6 Å². The van der Waals surface area contributed by atoms with Crippen LogP contribution in [-0.4, -0.2) is 23.1 Å². The van der Waals surface area contributed by atoms with Crippen molar-refractivity contribution in [3.05, 3.63) is 18.0 Å². The number of anilines is 1. The Morgan fingerprint density at radius 3 is 1.84 bits per heavy atom. The fourth-order valence-electron chi connectivity index (χ4n) is 1.72. The van der Waals surface area contributed by atoms with Gasteiger partial charge in [-0.3, -0.25) is 0 Å². The molecule has 1 aromatic heterocycles. The quantitative estimate of drug-likeness (QED) is 0.672. The van der Waals surface area contributed by atoms with Gasteiger partial charge < -0.3 is 4.90 Å². The molecule has 1 aromatic rings. The van der Waals surface area contributed by atoms with Crippen molar-refractivity contribution < 1.29 is 0 Å². The Balaban J connectivity index is 2.69. The van der Waals surface area contributed by atoms with Gasteiger partial charge in [0.2, 0.25) is 5.95 Å². The van der Waals surface area contributed by atoms with Gasteiger partial charge in [-0.25, -0.2) is 9.97 Å². The van der Waals surface area contributed by atoms with Crippen LogP contribution in [0.3, 0.4) is 0 Å². The number of hydrogen-bond donors (Lipinski definition) is 0. The van der Waals surface area contributed by atoms with Gasteiger partial charge in [-0.1, -0.05) is 27.7 Å². The second kappa shape index (κ2) is 8.36. The van der Waals surface area contributed by atoms with Gasteiger partial charge in [0.15, 0.2) is 0 Å². The molecular formula is C15H26ClN3. The zero-order chi connectivity index (χ0) is 14.3. The molecule has 0 saturated heterocycles. The molecule has 0 radical (unpaired) electrons. The summed E-state index contributed by atoms with van der Waals surface area (Å²) in [5, 5.41) is 0. The van der Waals surface area contributed by atoms with Gasteiger partial charge in [0.25, 0.3) is 0 Å². The molecule has 0 N–H and O–H groups in total. The predicted octanol–water partition coefficient (Wildman–Crippen LogP) is 4.11. The molecule has 108 valence electrons. The first-order valence-electron chi connectivity index (χ1n) is 7.14. The molecule has 1 rings (SSSR count). The van der Waals surface area contributed by atoms with Gasteiger partial charge in [-0.05, 0) is 24.7 Å². The first kappa shape index (κ1) is 16.2. The maximum atomic E-state index is 5.77. The van der Waals surface area contributed by atoms with Crippen molar-refractivity contribution in [2.45, 2.75) is 46.4 Å². The van der Waals surface area contributed by atoms with Gasteiger partial charge in [0, 0.05) is 31.0 Å². The fraction of sp³-hybridized carbons (Fsp3) is 0.733. The number of alkyl halides is 1. The smallest absolute Gasteiger partial charge is 0.225 e. The number of rotatable bonds is 8. The van der Waals surface area contributed by atoms with E-state index >= 15 is 0 Å². The van der Waals surface area contributed by atoms with Crippen LogP contribution in [-0.2, 0) is 5.88 Å². The zero-order valence-electron chi connectivity index (χ0n) is 12.6. The second-order valence-corrected chi connectivity index (χ2v) is 6.14. The summed E-state index contributed by atoms with van der Waals surface area (Å²) in [5.74, 6) is 2.70. The lowest BCUT2D eigenvalue weighted by molar-refractivity contribution is 0.530. The summed E-state index contributed by atoms with van der Waals surface area (Å²) in [6.07, 6.45) is 5.98. The molecule has 0 aliphatic carbocycles. The molecular weight excluding hydrogens is 258 g/mol. The number of hydrogen-bond acceptors (Lipinski definition) is 3. The van der Waals surface area contributed by atoms with Crippen LogP contribution in [0.4, 0.5) is 5.95 Å². The van der Waals surface area contributed by atoms with Gasteiger partial charge in [-0.2, -0.15) is 0 Å². The molecule has 0 aromatic carbocycles. The Hall–Kier alpha value is -0.830. The standard InChI is InChI=1S/C15H26ClN3/c1-12(2)5-7-19(8-6-13(3)4)15-17-10-14(9-16)11-18-15/h10-13H,5-9H2,1-4H3. The molecule has 4 heteroatoms. The van der Waals surface area contributed by atoms with Gasteiger partial charge in [0.1, 0.15) is 0 Å². The summed E-state index contributed by atoms with van der Waals surface area (Å²) < 4.78 is 0. The van der Waals surface area contributed by atoms with E-state index in [1.54, 1.807) is 0 Å². The molecule has 19 heavy (non-hydrogen) atoms. The average Bonchev–Trinajstić information content (AvgIpc) is 2.38. The summed E-state index contributed by atoms with van der Waals surface area (Å²) in [7, 11) is 0. The van der Waals surface area contributed by atoms with E-state index < -0.39 is 0 Å². The van der Waals surface area contributed by atoms with Gasteiger partial charge in [0.05, 0.1) is 5.88 Å². The van der Waals surface area contributed by atoms with Crippen molar-refractivity contribution in [3.63, 3.8) is 0 Å². The summed E-state index contributed by atoms with van der Waals surface area (Å²) in [6.45, 7) is 11.0. The lowest BCUT2D eigenvalue weighted by Gasteiger charge is -2.24. The molecule has 1 heterocycles. The molecule has 0 unspecified atom stereocenters. The first-order chi connectivity index (χ1) is 9.02. The van der Waals surface area contributed by atoms with Crippen LogP contribution in [0, 0.1) is 11.8 Å². The SMILES string of the molecule is CC(C)CCN(CCC(C)C)c1ncc(CCl)cn1. The molecule has 0 bridgehead atoms. The van der Waals surface area contributed by atoms with Crippen molar-refractivity contribution >= 4 is 17.5 Å². The first-order valence-corrected chi connectivity index (χ1v) is 7.68. The molecule has 3 nitrogen and oxygen atoms in total. The summed E-state index contributed by atoms with van der Waals surface area (Å²) in [6, 6.07) is 0. The number of aromatic nitrogens is 2. The molecule has 0 saturated carbocycles. The Bertz CT molecular complexity index is 337. The number of halogens is 1. The summed E-state index contributed by atoms with van der Waals surface area (Å²) in [5.41, 5.74) is 0.970. The highest BCUT2D eigenvalue weighted by Crippen LogP contribution is 2.13. The van der Waals surface area contributed by atoms with E-state index in [0.29, 0.717) is 17.7 Å². The highest BCUT2D eigenvalue weighted by molar-refractivity contribution is 6.17. The van der Waals surface area contributed by atoms with E-state index in [1.807, 2.05) is 12.4 Å². The van der Waals surface area contributed by atoms with E-state index in [0.717, 1.165) is 24.6 Å². The Morgan fingerprint density at radius 2 is 1.47 bits per heavy atom. The highest BCUT2D eigenvalue weighted by atomic mass is 35.5. The van der Waals surface area contributed by atoms with Crippen molar-refractivity contribution in [1.82, 2.24) is 9.97 Å². The highest BCUT2D eigenvalue weighted by Gasteiger charge is 2.11. The normalized spacial score (nSPS) is 11.3. The molecule has 0 fully saturated rings. The Kier molecular flexibility index (Phi) is 7.14. The van der Waals surface area contributed by atoms with Crippen LogP contribution in [0.1, 0.15) is 46.1 Å². The van der Waals surface area contributed by atoms with Crippen molar-refractivity contribution in [1.29, 1.82) is 0 Å². The van der Waals surface area contributed by atoms with Crippen LogP contribution < -0.4 is 4.90 Å². The largest absolute Gasteiger partial charge is 0.341 e. The topological polar surface area (TPSA) is 29.0 Å². The predicted molar refractivity (Wildman–Crippen MR) is 82.7 cm³/mol. The maximum Gasteiger partial charge on any atom is 0.225 e. The zero-order valence-corrected chi connectivity index (χ0v) is 13.3. The molecule has 0 amide bonds.